The van der Waals surface area contributed by atoms with Gasteiger partial charge in [0, 0.05) is 6.54 Å². The van der Waals surface area contributed by atoms with Crippen LogP contribution < -0.4 is 0 Å². The lowest BCUT2D eigenvalue weighted by molar-refractivity contribution is 0.188. The number of rotatable bonds is 0. The summed E-state index contributed by atoms with van der Waals surface area (Å²) in [5, 5.41) is 8.70. The smallest absolute Gasteiger partial charge is 0.0672 e. The number of hydrogen-bond donors (Lipinski definition) is 0. The van der Waals surface area contributed by atoms with Crippen LogP contribution in [-0.2, 0) is 0 Å². The molecule has 0 aromatic carbocycles. The van der Waals surface area contributed by atoms with Crippen molar-refractivity contribution in [3.8, 4) is 6.07 Å². The number of hydrogen-bond acceptors (Lipinski definition) is 2. The fourth-order valence-corrected chi connectivity index (χ4v) is 1.40. The zero-order valence-electron chi connectivity index (χ0n) is 6.67. The van der Waals surface area contributed by atoms with Crippen molar-refractivity contribution in [1.29, 1.82) is 5.26 Å². The molecular formula is C8H14N2. The SMILES string of the molecule is CC1CCN(C)CC1C#N. The van der Waals surface area contributed by atoms with E-state index in [-0.39, 0.29) is 5.92 Å². The molecule has 2 unspecified atom stereocenters. The molecule has 0 bridgehead atoms. The minimum atomic E-state index is 0.263. The minimum absolute atomic E-state index is 0.263. The van der Waals surface area contributed by atoms with Crippen LogP contribution in [0.15, 0.2) is 0 Å². The molecule has 56 valence electrons. The number of piperidine rings is 1. The van der Waals surface area contributed by atoms with Gasteiger partial charge in [0.25, 0.3) is 0 Å². The predicted molar refractivity (Wildman–Crippen MR) is 40.4 cm³/mol. The molecule has 0 amide bonds. The van der Waals surface area contributed by atoms with Crippen LogP contribution in [0.3, 0.4) is 0 Å². The third-order valence-electron chi connectivity index (χ3n) is 2.33. The van der Waals surface area contributed by atoms with E-state index < -0.39 is 0 Å². The molecule has 0 radical (unpaired) electrons. The molecule has 10 heavy (non-hydrogen) atoms. The zero-order valence-corrected chi connectivity index (χ0v) is 6.67. The van der Waals surface area contributed by atoms with Gasteiger partial charge >= 0.3 is 0 Å². The Balaban J connectivity index is 2.47. The lowest BCUT2D eigenvalue weighted by Crippen LogP contribution is -2.36. The van der Waals surface area contributed by atoms with Crippen LogP contribution in [-0.4, -0.2) is 25.0 Å². The van der Waals surface area contributed by atoms with E-state index in [1.54, 1.807) is 0 Å². The second kappa shape index (κ2) is 3.03. The highest BCUT2D eigenvalue weighted by atomic mass is 15.1. The van der Waals surface area contributed by atoms with Crippen LogP contribution in [0.4, 0.5) is 0 Å². The molecule has 2 heteroatoms. The Bertz CT molecular complexity index is 148. The van der Waals surface area contributed by atoms with Crippen LogP contribution in [0.2, 0.25) is 0 Å². The fourth-order valence-electron chi connectivity index (χ4n) is 1.40. The second-order valence-corrected chi connectivity index (χ2v) is 3.26. The van der Waals surface area contributed by atoms with Gasteiger partial charge in [-0.2, -0.15) is 5.26 Å². The maximum absolute atomic E-state index is 8.70. The average Bonchev–Trinajstić information content (AvgIpc) is 1.94. The van der Waals surface area contributed by atoms with Crippen LogP contribution in [0, 0.1) is 23.2 Å². The first kappa shape index (κ1) is 7.56. The molecule has 2 nitrogen and oxygen atoms in total. The van der Waals surface area contributed by atoms with Crippen molar-refractivity contribution >= 4 is 0 Å². The lowest BCUT2D eigenvalue weighted by Gasteiger charge is -2.30. The Morgan fingerprint density at radius 1 is 1.60 bits per heavy atom. The molecule has 1 saturated heterocycles. The summed E-state index contributed by atoms with van der Waals surface area (Å²) in [6, 6.07) is 2.34. The molecule has 0 aromatic rings. The highest BCUT2D eigenvalue weighted by molar-refractivity contribution is 4.91. The Morgan fingerprint density at radius 3 is 2.80 bits per heavy atom. The molecule has 1 rings (SSSR count). The molecule has 0 saturated carbocycles. The van der Waals surface area contributed by atoms with Crippen LogP contribution in [0.25, 0.3) is 0 Å². The first-order valence-electron chi connectivity index (χ1n) is 3.82. The third-order valence-corrected chi connectivity index (χ3v) is 2.33. The molecule has 1 fully saturated rings. The quantitative estimate of drug-likeness (QED) is 0.501. The van der Waals surface area contributed by atoms with E-state index in [1.165, 1.54) is 6.42 Å². The third kappa shape index (κ3) is 1.48. The summed E-state index contributed by atoms with van der Waals surface area (Å²) in [5.74, 6) is 0.861. The van der Waals surface area contributed by atoms with Crippen molar-refractivity contribution in [1.82, 2.24) is 4.90 Å². The van der Waals surface area contributed by atoms with Gasteiger partial charge in [0.15, 0.2) is 0 Å². The van der Waals surface area contributed by atoms with Gasteiger partial charge in [-0.25, -0.2) is 0 Å². The summed E-state index contributed by atoms with van der Waals surface area (Å²) in [5.41, 5.74) is 0. The molecular weight excluding hydrogens is 124 g/mol. The molecule has 2 atom stereocenters. The molecule has 0 aliphatic carbocycles. The Kier molecular flexibility index (Phi) is 2.29. The number of likely N-dealkylation sites (tertiary alicyclic amines) is 1. The Labute approximate surface area is 62.4 Å². The zero-order chi connectivity index (χ0) is 7.56. The minimum Gasteiger partial charge on any atom is -0.305 e. The monoisotopic (exact) mass is 138 g/mol. The van der Waals surface area contributed by atoms with Gasteiger partial charge in [-0.05, 0) is 25.9 Å². The van der Waals surface area contributed by atoms with Crippen LogP contribution in [0.5, 0.6) is 0 Å². The summed E-state index contributed by atoms with van der Waals surface area (Å²) in [4.78, 5) is 2.23. The van der Waals surface area contributed by atoms with E-state index >= 15 is 0 Å². The Hall–Kier alpha value is -0.550. The van der Waals surface area contributed by atoms with Crippen LogP contribution >= 0.6 is 0 Å². The first-order chi connectivity index (χ1) is 4.74. The average molecular weight is 138 g/mol. The van der Waals surface area contributed by atoms with E-state index in [1.807, 2.05) is 0 Å². The topological polar surface area (TPSA) is 27.0 Å². The largest absolute Gasteiger partial charge is 0.305 e. The molecule has 1 aliphatic rings. The molecule has 1 aliphatic heterocycles. The van der Waals surface area contributed by atoms with E-state index in [4.69, 9.17) is 5.26 Å². The summed E-state index contributed by atoms with van der Waals surface area (Å²) in [6.07, 6.45) is 1.18. The van der Waals surface area contributed by atoms with Gasteiger partial charge in [-0.15, -0.1) is 0 Å². The van der Waals surface area contributed by atoms with Gasteiger partial charge in [0.2, 0.25) is 0 Å². The highest BCUT2D eigenvalue weighted by Crippen LogP contribution is 2.20. The fraction of sp³-hybridized carbons (Fsp3) is 0.875. The van der Waals surface area contributed by atoms with E-state index in [9.17, 15) is 0 Å². The van der Waals surface area contributed by atoms with Crippen molar-refractivity contribution in [3.05, 3.63) is 0 Å². The van der Waals surface area contributed by atoms with E-state index in [2.05, 4.69) is 24.9 Å². The summed E-state index contributed by atoms with van der Waals surface area (Å²) >= 11 is 0. The van der Waals surface area contributed by atoms with Gasteiger partial charge in [-0.1, -0.05) is 6.92 Å². The van der Waals surface area contributed by atoms with Gasteiger partial charge in [0.1, 0.15) is 0 Å². The number of nitriles is 1. The standard InChI is InChI=1S/C8H14N2/c1-7-3-4-10(2)6-8(7)5-9/h7-8H,3-4,6H2,1-2H3. The Morgan fingerprint density at radius 2 is 2.30 bits per heavy atom. The molecule has 0 spiro atoms. The van der Waals surface area contributed by atoms with Gasteiger partial charge in [-0.3, -0.25) is 0 Å². The van der Waals surface area contributed by atoms with Crippen molar-refractivity contribution in [3.63, 3.8) is 0 Å². The molecule has 1 heterocycles. The van der Waals surface area contributed by atoms with Crippen molar-refractivity contribution in [2.24, 2.45) is 11.8 Å². The maximum atomic E-state index is 8.70. The second-order valence-electron chi connectivity index (χ2n) is 3.26. The normalized spacial score (nSPS) is 35.3. The molecule has 0 N–H and O–H groups in total. The van der Waals surface area contributed by atoms with Gasteiger partial charge in [0.05, 0.1) is 12.0 Å². The van der Waals surface area contributed by atoms with Crippen molar-refractivity contribution in [2.75, 3.05) is 20.1 Å². The van der Waals surface area contributed by atoms with E-state index in [0.717, 1.165) is 13.1 Å². The number of nitrogens with zero attached hydrogens (tertiary/aromatic N) is 2. The highest BCUT2D eigenvalue weighted by Gasteiger charge is 2.23. The van der Waals surface area contributed by atoms with E-state index in [0.29, 0.717) is 5.92 Å². The lowest BCUT2D eigenvalue weighted by atomic mass is 9.89. The molecule has 0 aromatic heterocycles. The van der Waals surface area contributed by atoms with Crippen LogP contribution in [0.1, 0.15) is 13.3 Å². The van der Waals surface area contributed by atoms with Crippen molar-refractivity contribution in [2.45, 2.75) is 13.3 Å². The summed E-state index contributed by atoms with van der Waals surface area (Å²) in [6.45, 7) is 4.28. The van der Waals surface area contributed by atoms with Gasteiger partial charge < -0.3 is 4.90 Å². The predicted octanol–water partition coefficient (Wildman–Crippen LogP) is 1.10. The summed E-state index contributed by atoms with van der Waals surface area (Å²) < 4.78 is 0. The summed E-state index contributed by atoms with van der Waals surface area (Å²) in [7, 11) is 2.08. The maximum Gasteiger partial charge on any atom is 0.0672 e. The van der Waals surface area contributed by atoms with Crippen molar-refractivity contribution < 1.29 is 0 Å². The first-order valence-corrected chi connectivity index (χ1v) is 3.82.